The zero-order valence-electron chi connectivity index (χ0n) is 14.7. The Kier molecular flexibility index (Phi) is 5.14. The second kappa shape index (κ2) is 7.48. The SMILES string of the molecule is COc1ccc([C@H](Nc2ncnc3c2cnn3CCO)C(C)C)cc1. The van der Waals surface area contributed by atoms with Crippen molar-refractivity contribution in [3.63, 3.8) is 0 Å². The van der Waals surface area contributed by atoms with Gasteiger partial charge in [0, 0.05) is 0 Å². The third-order valence-corrected chi connectivity index (χ3v) is 4.18. The molecular weight excluding hydrogens is 318 g/mol. The molecule has 3 aromatic rings. The van der Waals surface area contributed by atoms with Gasteiger partial charge < -0.3 is 15.2 Å². The number of nitrogens with one attached hydrogen (secondary N) is 1. The van der Waals surface area contributed by atoms with Gasteiger partial charge in [-0.25, -0.2) is 14.6 Å². The molecule has 132 valence electrons. The van der Waals surface area contributed by atoms with Gasteiger partial charge in [-0.05, 0) is 23.6 Å². The van der Waals surface area contributed by atoms with Gasteiger partial charge in [0.05, 0.1) is 37.9 Å². The highest BCUT2D eigenvalue weighted by Crippen LogP contribution is 2.29. The zero-order valence-corrected chi connectivity index (χ0v) is 14.7. The molecule has 2 N–H and O–H groups in total. The Morgan fingerprint density at radius 1 is 1.20 bits per heavy atom. The maximum absolute atomic E-state index is 9.15. The first-order valence-electron chi connectivity index (χ1n) is 8.32. The van der Waals surface area contributed by atoms with E-state index in [2.05, 4.69) is 46.4 Å². The van der Waals surface area contributed by atoms with Gasteiger partial charge in [-0.15, -0.1) is 0 Å². The van der Waals surface area contributed by atoms with E-state index >= 15 is 0 Å². The molecule has 7 nitrogen and oxygen atoms in total. The molecule has 0 saturated heterocycles. The molecule has 1 aromatic carbocycles. The summed E-state index contributed by atoms with van der Waals surface area (Å²) in [7, 11) is 1.66. The lowest BCUT2D eigenvalue weighted by Crippen LogP contribution is -2.18. The number of fused-ring (bicyclic) bond motifs is 1. The van der Waals surface area contributed by atoms with E-state index in [9.17, 15) is 0 Å². The Hall–Kier alpha value is -2.67. The molecule has 25 heavy (non-hydrogen) atoms. The van der Waals surface area contributed by atoms with Gasteiger partial charge in [-0.2, -0.15) is 5.10 Å². The van der Waals surface area contributed by atoms with Crippen LogP contribution in [-0.4, -0.2) is 38.6 Å². The highest BCUT2D eigenvalue weighted by molar-refractivity contribution is 5.86. The van der Waals surface area contributed by atoms with Crippen molar-refractivity contribution >= 4 is 16.9 Å². The molecule has 2 heterocycles. The van der Waals surface area contributed by atoms with Crippen molar-refractivity contribution in [2.75, 3.05) is 19.0 Å². The summed E-state index contributed by atoms with van der Waals surface area (Å²) >= 11 is 0. The summed E-state index contributed by atoms with van der Waals surface area (Å²) in [5.41, 5.74) is 1.87. The molecule has 0 amide bonds. The van der Waals surface area contributed by atoms with Crippen LogP contribution >= 0.6 is 0 Å². The summed E-state index contributed by atoms with van der Waals surface area (Å²) in [4.78, 5) is 8.69. The van der Waals surface area contributed by atoms with Gasteiger partial charge in [0.1, 0.15) is 17.9 Å². The maximum atomic E-state index is 9.15. The minimum absolute atomic E-state index is 0.0179. The van der Waals surface area contributed by atoms with Crippen LogP contribution in [0.4, 0.5) is 5.82 Å². The van der Waals surface area contributed by atoms with Gasteiger partial charge in [0.25, 0.3) is 0 Å². The normalized spacial score (nSPS) is 12.5. The lowest BCUT2D eigenvalue weighted by Gasteiger charge is -2.24. The van der Waals surface area contributed by atoms with E-state index in [0.717, 1.165) is 22.5 Å². The van der Waals surface area contributed by atoms with E-state index in [1.807, 2.05) is 12.1 Å². The fourth-order valence-corrected chi connectivity index (χ4v) is 2.86. The fourth-order valence-electron chi connectivity index (χ4n) is 2.86. The average molecular weight is 341 g/mol. The highest BCUT2D eigenvalue weighted by Gasteiger charge is 2.19. The van der Waals surface area contributed by atoms with Gasteiger partial charge in [0.2, 0.25) is 0 Å². The minimum Gasteiger partial charge on any atom is -0.497 e. The van der Waals surface area contributed by atoms with Gasteiger partial charge in [-0.3, -0.25) is 0 Å². The Balaban J connectivity index is 1.93. The zero-order chi connectivity index (χ0) is 17.8. The molecule has 0 unspecified atom stereocenters. The molecule has 0 fully saturated rings. The number of aromatic nitrogens is 4. The molecule has 0 bridgehead atoms. The number of anilines is 1. The molecule has 2 aromatic heterocycles. The monoisotopic (exact) mass is 341 g/mol. The van der Waals surface area contributed by atoms with Crippen LogP contribution in [0.15, 0.2) is 36.8 Å². The number of methoxy groups -OCH3 is 1. The van der Waals surface area contributed by atoms with E-state index in [1.165, 1.54) is 6.33 Å². The van der Waals surface area contributed by atoms with Crippen molar-refractivity contribution in [2.24, 2.45) is 5.92 Å². The van der Waals surface area contributed by atoms with Crippen LogP contribution in [0.5, 0.6) is 5.75 Å². The first-order chi connectivity index (χ1) is 12.1. The smallest absolute Gasteiger partial charge is 0.163 e. The molecular formula is C18H23N5O2. The number of hydrogen-bond acceptors (Lipinski definition) is 6. The topological polar surface area (TPSA) is 85.1 Å². The second-order valence-electron chi connectivity index (χ2n) is 6.19. The number of aliphatic hydroxyl groups excluding tert-OH is 1. The number of benzene rings is 1. The number of aliphatic hydroxyl groups is 1. The third-order valence-electron chi connectivity index (χ3n) is 4.18. The minimum atomic E-state index is 0.0179. The number of ether oxygens (including phenoxy) is 1. The Bertz CT molecular complexity index is 829. The standard InChI is InChI=1S/C18H23N5O2/c1-12(2)16(13-4-6-14(25-3)7-5-13)22-17-15-10-21-23(8-9-24)18(15)20-11-19-17/h4-7,10-12,16,24H,8-9H2,1-3H3,(H,19,20,22)/t16-/m1/s1. The van der Waals surface area contributed by atoms with Crippen LogP contribution < -0.4 is 10.1 Å². The van der Waals surface area contributed by atoms with Crippen LogP contribution in [0.1, 0.15) is 25.5 Å². The van der Waals surface area contributed by atoms with E-state index in [-0.39, 0.29) is 12.6 Å². The fraction of sp³-hybridized carbons (Fsp3) is 0.389. The number of nitrogens with zero attached hydrogens (tertiary/aromatic N) is 4. The molecule has 0 aliphatic rings. The van der Waals surface area contributed by atoms with Gasteiger partial charge >= 0.3 is 0 Å². The quantitative estimate of drug-likeness (QED) is 0.687. The summed E-state index contributed by atoms with van der Waals surface area (Å²) in [6.07, 6.45) is 3.25. The molecule has 0 radical (unpaired) electrons. The summed E-state index contributed by atoms with van der Waals surface area (Å²) in [5, 5.41) is 17.8. The molecule has 3 rings (SSSR count). The highest BCUT2D eigenvalue weighted by atomic mass is 16.5. The summed E-state index contributed by atoms with van der Waals surface area (Å²) in [6, 6.07) is 8.13. The van der Waals surface area contributed by atoms with Crippen LogP contribution in [0, 0.1) is 5.92 Å². The van der Waals surface area contributed by atoms with Gasteiger partial charge in [0.15, 0.2) is 5.65 Å². The first-order valence-corrected chi connectivity index (χ1v) is 8.32. The molecule has 7 heteroatoms. The third kappa shape index (κ3) is 3.56. The molecule has 0 aliphatic carbocycles. The van der Waals surface area contributed by atoms with Crippen LogP contribution in [-0.2, 0) is 6.54 Å². The van der Waals surface area contributed by atoms with Crippen LogP contribution in [0.25, 0.3) is 11.0 Å². The lowest BCUT2D eigenvalue weighted by molar-refractivity contribution is 0.271. The molecule has 1 atom stereocenters. The maximum Gasteiger partial charge on any atom is 0.163 e. The Morgan fingerprint density at radius 2 is 1.96 bits per heavy atom. The van der Waals surface area contributed by atoms with Crippen molar-refractivity contribution in [1.82, 2.24) is 19.7 Å². The second-order valence-corrected chi connectivity index (χ2v) is 6.19. The van der Waals surface area contributed by atoms with Crippen molar-refractivity contribution in [1.29, 1.82) is 0 Å². The Morgan fingerprint density at radius 3 is 2.60 bits per heavy atom. The predicted octanol–water partition coefficient (Wildman–Crippen LogP) is 2.64. The largest absolute Gasteiger partial charge is 0.497 e. The first kappa shape index (κ1) is 17.2. The molecule has 0 spiro atoms. The van der Waals surface area contributed by atoms with E-state index in [4.69, 9.17) is 9.84 Å². The van der Waals surface area contributed by atoms with Crippen molar-refractivity contribution in [3.8, 4) is 5.75 Å². The number of hydrogen-bond donors (Lipinski definition) is 2. The summed E-state index contributed by atoms with van der Waals surface area (Å²) in [6.45, 7) is 4.75. The van der Waals surface area contributed by atoms with Crippen molar-refractivity contribution in [2.45, 2.75) is 26.4 Å². The van der Waals surface area contributed by atoms with Crippen molar-refractivity contribution < 1.29 is 9.84 Å². The van der Waals surface area contributed by atoms with Crippen LogP contribution in [0.2, 0.25) is 0 Å². The van der Waals surface area contributed by atoms with E-state index < -0.39 is 0 Å². The summed E-state index contributed by atoms with van der Waals surface area (Å²) < 4.78 is 6.92. The number of rotatable bonds is 7. The predicted molar refractivity (Wildman–Crippen MR) is 96.6 cm³/mol. The Labute approximate surface area is 146 Å². The lowest BCUT2D eigenvalue weighted by atomic mass is 9.96. The van der Waals surface area contributed by atoms with E-state index in [0.29, 0.717) is 18.1 Å². The average Bonchev–Trinajstić information content (AvgIpc) is 3.04. The molecule has 0 aliphatic heterocycles. The summed E-state index contributed by atoms with van der Waals surface area (Å²) in [5.74, 6) is 1.93. The van der Waals surface area contributed by atoms with Crippen LogP contribution in [0.3, 0.4) is 0 Å². The van der Waals surface area contributed by atoms with Gasteiger partial charge in [-0.1, -0.05) is 26.0 Å². The molecule has 0 saturated carbocycles. The van der Waals surface area contributed by atoms with Crippen molar-refractivity contribution in [3.05, 3.63) is 42.4 Å². The van der Waals surface area contributed by atoms with E-state index in [1.54, 1.807) is 18.0 Å².